The van der Waals surface area contributed by atoms with Gasteiger partial charge < -0.3 is 9.13 Å². The predicted octanol–water partition coefficient (Wildman–Crippen LogP) is 15.0. The molecule has 0 bridgehead atoms. The Kier molecular flexibility index (Phi) is 6.82. The summed E-state index contributed by atoms with van der Waals surface area (Å²) < 4.78 is 4.87. The zero-order chi connectivity index (χ0) is 38.6. The van der Waals surface area contributed by atoms with Crippen LogP contribution >= 0.6 is 0 Å². The molecule has 2 nitrogen and oxygen atoms in total. The first kappa shape index (κ1) is 32.4. The maximum absolute atomic E-state index is 2.51. The Morgan fingerprint density at radius 1 is 0.271 bits per heavy atom. The zero-order valence-electron chi connectivity index (χ0n) is 32.2. The maximum atomic E-state index is 2.51. The Labute approximate surface area is 341 Å². The Bertz CT molecular complexity index is 3670. The van der Waals surface area contributed by atoms with Crippen molar-refractivity contribution in [3.63, 3.8) is 0 Å². The minimum absolute atomic E-state index is 0.0824. The number of hydrogen-bond acceptors (Lipinski definition) is 0. The lowest BCUT2D eigenvalue weighted by Gasteiger charge is -2.18. The molecule has 1 aliphatic carbocycles. The molecule has 1 aliphatic rings. The monoisotopic (exact) mass is 748 g/mol. The van der Waals surface area contributed by atoms with E-state index in [1.54, 1.807) is 0 Å². The Balaban J connectivity index is 1.06. The van der Waals surface area contributed by atoms with Crippen LogP contribution in [0.25, 0.3) is 98.8 Å². The van der Waals surface area contributed by atoms with Gasteiger partial charge in [-0.2, -0.15) is 0 Å². The van der Waals surface area contributed by atoms with Gasteiger partial charge in [0.2, 0.25) is 0 Å². The van der Waals surface area contributed by atoms with Crippen molar-refractivity contribution in [2.24, 2.45) is 0 Å². The number of para-hydroxylation sites is 3. The molecule has 0 saturated carbocycles. The predicted molar refractivity (Wildman–Crippen MR) is 248 cm³/mol. The fraction of sp³-hybridized carbons (Fsp3) is 0.0175. The second-order valence-electron chi connectivity index (χ2n) is 16.1. The molecular weight excluding hydrogens is 713 g/mol. The van der Waals surface area contributed by atoms with Crippen molar-refractivity contribution in [1.29, 1.82) is 0 Å². The Morgan fingerprint density at radius 2 is 0.864 bits per heavy atom. The molecule has 274 valence electrons. The first-order chi connectivity index (χ1) is 29.3. The van der Waals surface area contributed by atoms with Crippen molar-refractivity contribution in [3.05, 3.63) is 229 Å². The lowest BCUT2D eigenvalue weighted by atomic mass is 9.85. The van der Waals surface area contributed by atoms with E-state index in [9.17, 15) is 0 Å². The average molecular weight is 749 g/mol. The molecule has 0 radical (unpaired) electrons. The first-order valence-electron chi connectivity index (χ1n) is 20.5. The van der Waals surface area contributed by atoms with Gasteiger partial charge in [0.25, 0.3) is 0 Å². The smallest absolute Gasteiger partial charge is 0.0544 e. The molecule has 12 aromatic rings. The van der Waals surface area contributed by atoms with Gasteiger partial charge in [0.05, 0.1) is 22.1 Å². The van der Waals surface area contributed by atoms with E-state index in [1.165, 1.54) is 115 Å². The highest BCUT2D eigenvalue weighted by molar-refractivity contribution is 6.13. The van der Waals surface area contributed by atoms with Gasteiger partial charge in [0, 0.05) is 38.8 Å². The minimum Gasteiger partial charge on any atom is -0.309 e. The van der Waals surface area contributed by atoms with Crippen molar-refractivity contribution < 1.29 is 0 Å². The van der Waals surface area contributed by atoms with Crippen LogP contribution in [0.1, 0.15) is 22.6 Å². The minimum atomic E-state index is 0.0824. The SMILES string of the molecule is c1ccc(-n2c3ccccc3c3cc(-c4ccc5c(c4)-c4cc6c7ccccc7n(-c7ccc8ccccc8c7)c6cc4C5c4cccc5ccccc45)ccc32)cc1. The average Bonchev–Trinajstić information content (AvgIpc) is 3.92. The lowest BCUT2D eigenvalue weighted by Crippen LogP contribution is -2.01. The van der Waals surface area contributed by atoms with Crippen LogP contribution in [0, 0.1) is 0 Å². The maximum Gasteiger partial charge on any atom is 0.0544 e. The number of aromatic nitrogens is 2. The van der Waals surface area contributed by atoms with E-state index in [2.05, 4.69) is 221 Å². The topological polar surface area (TPSA) is 9.86 Å². The molecule has 2 heterocycles. The molecule has 0 amide bonds. The van der Waals surface area contributed by atoms with Crippen LogP contribution in [-0.2, 0) is 0 Å². The first-order valence-corrected chi connectivity index (χ1v) is 20.5. The molecule has 10 aromatic carbocycles. The standard InChI is InChI=1S/C57H36N2/c1-2-17-41(18-3-1)58-53-23-10-8-20-44(53)50-33-40(27-30-55(50)58)39-26-29-47-48(32-39)49-34-51-45-21-9-11-24-54(45)59(42-28-25-36-13-4-5-15-38(36)31-42)56(51)35-52(49)57(47)46-22-12-16-37-14-6-7-19-43(37)46/h1-35,57H. The summed E-state index contributed by atoms with van der Waals surface area (Å²) >= 11 is 0. The fourth-order valence-corrected chi connectivity index (χ4v) is 10.3. The van der Waals surface area contributed by atoms with E-state index >= 15 is 0 Å². The van der Waals surface area contributed by atoms with Crippen molar-refractivity contribution in [3.8, 4) is 33.6 Å². The van der Waals surface area contributed by atoms with E-state index in [4.69, 9.17) is 0 Å². The molecule has 59 heavy (non-hydrogen) atoms. The highest BCUT2D eigenvalue weighted by Gasteiger charge is 2.33. The molecule has 2 heteroatoms. The number of nitrogens with zero attached hydrogens (tertiary/aromatic N) is 2. The second-order valence-corrected chi connectivity index (χ2v) is 16.1. The summed E-state index contributed by atoms with van der Waals surface area (Å²) in [5, 5.41) is 10.1. The summed E-state index contributed by atoms with van der Waals surface area (Å²) in [4.78, 5) is 0. The highest BCUT2D eigenvalue weighted by atomic mass is 15.0. The summed E-state index contributed by atoms with van der Waals surface area (Å²) in [5.41, 5.74) is 16.4. The lowest BCUT2D eigenvalue weighted by molar-refractivity contribution is 1.03. The summed E-state index contributed by atoms with van der Waals surface area (Å²) in [6.45, 7) is 0. The van der Waals surface area contributed by atoms with Crippen LogP contribution < -0.4 is 0 Å². The van der Waals surface area contributed by atoms with E-state index in [0.717, 1.165) is 0 Å². The number of rotatable bonds is 4. The number of hydrogen-bond donors (Lipinski definition) is 0. The quantitative estimate of drug-likeness (QED) is 0.170. The van der Waals surface area contributed by atoms with Gasteiger partial charge >= 0.3 is 0 Å². The largest absolute Gasteiger partial charge is 0.309 e. The van der Waals surface area contributed by atoms with Crippen molar-refractivity contribution in [2.45, 2.75) is 5.92 Å². The molecule has 2 aromatic heterocycles. The van der Waals surface area contributed by atoms with Gasteiger partial charge in [-0.25, -0.2) is 0 Å². The van der Waals surface area contributed by atoms with E-state index in [1.807, 2.05) is 0 Å². The van der Waals surface area contributed by atoms with Crippen LogP contribution in [0.2, 0.25) is 0 Å². The van der Waals surface area contributed by atoms with Crippen LogP contribution in [0.15, 0.2) is 212 Å². The van der Waals surface area contributed by atoms with Gasteiger partial charge in [-0.05, 0) is 127 Å². The van der Waals surface area contributed by atoms with Crippen LogP contribution in [0.5, 0.6) is 0 Å². The normalized spacial score (nSPS) is 13.6. The number of fused-ring (bicyclic) bond motifs is 11. The summed E-state index contributed by atoms with van der Waals surface area (Å²) in [7, 11) is 0. The van der Waals surface area contributed by atoms with Crippen molar-refractivity contribution >= 4 is 65.2 Å². The second kappa shape index (κ2) is 12.4. The molecule has 0 aliphatic heterocycles. The van der Waals surface area contributed by atoms with Gasteiger partial charge in [-0.1, -0.05) is 146 Å². The molecule has 13 rings (SSSR count). The molecule has 0 saturated heterocycles. The Morgan fingerprint density at radius 3 is 1.68 bits per heavy atom. The van der Waals surface area contributed by atoms with E-state index < -0.39 is 0 Å². The molecule has 0 N–H and O–H groups in total. The third-order valence-corrected chi connectivity index (χ3v) is 13.0. The van der Waals surface area contributed by atoms with Crippen molar-refractivity contribution in [1.82, 2.24) is 9.13 Å². The van der Waals surface area contributed by atoms with Crippen LogP contribution in [-0.4, -0.2) is 9.13 Å². The van der Waals surface area contributed by atoms with Crippen molar-refractivity contribution in [2.75, 3.05) is 0 Å². The highest BCUT2D eigenvalue weighted by Crippen LogP contribution is 2.53. The van der Waals surface area contributed by atoms with E-state index in [-0.39, 0.29) is 5.92 Å². The molecule has 1 unspecified atom stereocenters. The third-order valence-electron chi connectivity index (χ3n) is 13.0. The summed E-state index contributed by atoms with van der Waals surface area (Å²) in [6.07, 6.45) is 0. The van der Waals surface area contributed by atoms with E-state index in [0.29, 0.717) is 0 Å². The Hall–Kier alpha value is -7.68. The van der Waals surface area contributed by atoms with Crippen LogP contribution in [0.4, 0.5) is 0 Å². The fourth-order valence-electron chi connectivity index (χ4n) is 10.3. The van der Waals surface area contributed by atoms with Gasteiger partial charge in [0.1, 0.15) is 0 Å². The summed E-state index contributed by atoms with van der Waals surface area (Å²) in [6, 6.07) is 78.9. The van der Waals surface area contributed by atoms with Crippen LogP contribution in [0.3, 0.4) is 0 Å². The zero-order valence-corrected chi connectivity index (χ0v) is 32.2. The molecule has 0 spiro atoms. The molecular formula is C57H36N2. The molecule has 0 fully saturated rings. The summed E-state index contributed by atoms with van der Waals surface area (Å²) in [5.74, 6) is 0.0824. The van der Waals surface area contributed by atoms with Gasteiger partial charge in [-0.3, -0.25) is 0 Å². The molecule has 1 atom stereocenters. The third kappa shape index (κ3) is 4.75. The van der Waals surface area contributed by atoms with Gasteiger partial charge in [-0.15, -0.1) is 0 Å². The number of benzene rings is 10. The van der Waals surface area contributed by atoms with Gasteiger partial charge in [0.15, 0.2) is 0 Å².